The lowest BCUT2D eigenvalue weighted by Gasteiger charge is -2.32. The second kappa shape index (κ2) is 9.32. The zero-order chi connectivity index (χ0) is 19.2. The molecule has 7 nitrogen and oxygen atoms in total. The van der Waals surface area contributed by atoms with Gasteiger partial charge in [0.25, 0.3) is 11.8 Å². The topological polar surface area (TPSA) is 82.9 Å². The number of nitrogens with zero attached hydrogens (tertiary/aromatic N) is 1. The number of hydrogen-bond donors (Lipinski definition) is 3. The summed E-state index contributed by atoms with van der Waals surface area (Å²) >= 11 is 1.45. The third-order valence-corrected chi connectivity index (χ3v) is 6.44. The Morgan fingerprint density at radius 3 is 2.63 bits per heavy atom. The van der Waals surface area contributed by atoms with Crippen molar-refractivity contribution in [3.8, 4) is 0 Å². The van der Waals surface area contributed by atoms with E-state index in [4.69, 9.17) is 0 Å². The molecule has 1 saturated carbocycles. The van der Waals surface area contributed by atoms with Gasteiger partial charge in [0.15, 0.2) is 6.54 Å². The summed E-state index contributed by atoms with van der Waals surface area (Å²) in [5, 5.41) is 7.31. The average molecular weight is 394 g/mol. The van der Waals surface area contributed by atoms with Crippen molar-refractivity contribution >= 4 is 29.2 Å². The van der Waals surface area contributed by atoms with E-state index in [0.717, 1.165) is 29.0 Å². The van der Waals surface area contributed by atoms with Gasteiger partial charge >= 0.3 is 6.03 Å². The quantitative estimate of drug-likeness (QED) is 0.696. The first-order valence-electron chi connectivity index (χ1n) is 9.79. The minimum Gasteiger partial charge on any atom is -0.335 e. The van der Waals surface area contributed by atoms with E-state index in [2.05, 4.69) is 17.6 Å². The summed E-state index contributed by atoms with van der Waals surface area (Å²) in [5.41, 5.74) is 0. The average Bonchev–Trinajstić information content (AvgIpc) is 3.18. The first-order chi connectivity index (χ1) is 13.0. The van der Waals surface area contributed by atoms with Gasteiger partial charge in [-0.05, 0) is 30.2 Å². The van der Waals surface area contributed by atoms with Crippen LogP contribution in [0.4, 0.5) is 4.79 Å². The molecule has 0 spiro atoms. The van der Waals surface area contributed by atoms with Gasteiger partial charge in [-0.1, -0.05) is 25.8 Å². The molecule has 1 aromatic rings. The van der Waals surface area contributed by atoms with E-state index in [0.29, 0.717) is 32.1 Å². The molecule has 0 radical (unpaired) electrons. The van der Waals surface area contributed by atoms with E-state index in [1.807, 2.05) is 22.4 Å². The van der Waals surface area contributed by atoms with Crippen LogP contribution in [0.3, 0.4) is 0 Å². The van der Waals surface area contributed by atoms with E-state index < -0.39 is 0 Å². The van der Waals surface area contributed by atoms with Crippen molar-refractivity contribution < 1.29 is 19.3 Å². The fourth-order valence-electron chi connectivity index (χ4n) is 3.89. The first kappa shape index (κ1) is 19.8. The van der Waals surface area contributed by atoms with Crippen LogP contribution in [0.1, 0.15) is 42.3 Å². The molecule has 2 fully saturated rings. The van der Waals surface area contributed by atoms with Gasteiger partial charge in [-0.3, -0.25) is 14.9 Å². The van der Waals surface area contributed by atoms with E-state index in [-0.39, 0.29) is 30.4 Å². The highest BCUT2D eigenvalue weighted by Gasteiger charge is 2.27. The molecule has 1 saturated heterocycles. The van der Waals surface area contributed by atoms with Gasteiger partial charge in [-0.25, -0.2) is 4.79 Å². The molecule has 1 aliphatic carbocycles. The van der Waals surface area contributed by atoms with Crippen LogP contribution in [0.15, 0.2) is 17.5 Å². The first-order valence-corrected chi connectivity index (χ1v) is 10.7. The number of imide groups is 1. The number of thiophene rings is 1. The Balaban J connectivity index is 1.37. The summed E-state index contributed by atoms with van der Waals surface area (Å²) in [5.74, 6) is 0.262. The number of amides is 4. The zero-order valence-corrected chi connectivity index (χ0v) is 16.6. The van der Waals surface area contributed by atoms with Gasteiger partial charge in [0.1, 0.15) is 0 Å². The normalized spacial score (nSPS) is 23.7. The Labute approximate surface area is 164 Å². The largest absolute Gasteiger partial charge is 0.335 e. The lowest BCUT2D eigenvalue weighted by Crippen LogP contribution is -3.15. The molecule has 0 bridgehead atoms. The highest BCUT2D eigenvalue weighted by molar-refractivity contribution is 7.12. The van der Waals surface area contributed by atoms with Crippen LogP contribution in [0, 0.1) is 5.92 Å². The van der Waals surface area contributed by atoms with E-state index in [1.165, 1.54) is 17.8 Å². The van der Waals surface area contributed by atoms with Crippen molar-refractivity contribution in [2.75, 3.05) is 32.7 Å². The molecule has 3 N–H and O–H groups in total. The number of carbonyl (C=O) groups is 3. The van der Waals surface area contributed by atoms with Gasteiger partial charge < -0.3 is 15.1 Å². The van der Waals surface area contributed by atoms with Crippen molar-refractivity contribution in [1.82, 2.24) is 15.5 Å². The van der Waals surface area contributed by atoms with Gasteiger partial charge in [0.05, 0.1) is 31.1 Å². The summed E-state index contributed by atoms with van der Waals surface area (Å²) in [4.78, 5) is 40.3. The van der Waals surface area contributed by atoms with Crippen LogP contribution in [-0.4, -0.2) is 61.5 Å². The minimum absolute atomic E-state index is 0.0643. The second-order valence-corrected chi connectivity index (χ2v) is 8.53. The number of quaternary nitrogens is 1. The molecule has 1 aliphatic heterocycles. The fraction of sp³-hybridized carbons (Fsp3) is 0.632. The maximum absolute atomic E-state index is 12.3. The van der Waals surface area contributed by atoms with Crippen LogP contribution in [0.25, 0.3) is 0 Å². The Hall–Kier alpha value is -1.93. The third-order valence-electron chi connectivity index (χ3n) is 5.58. The Kier molecular flexibility index (Phi) is 6.84. The molecule has 148 valence electrons. The highest BCUT2D eigenvalue weighted by atomic mass is 32.1. The predicted molar refractivity (Wildman–Crippen MR) is 104 cm³/mol. The summed E-state index contributed by atoms with van der Waals surface area (Å²) in [7, 11) is 0. The van der Waals surface area contributed by atoms with Crippen LogP contribution in [0.5, 0.6) is 0 Å². The zero-order valence-electron chi connectivity index (χ0n) is 15.8. The summed E-state index contributed by atoms with van der Waals surface area (Å²) in [6, 6.07) is 3.49. The number of hydrogen-bond acceptors (Lipinski definition) is 4. The number of carbonyl (C=O) groups excluding carboxylic acids is 3. The predicted octanol–water partition coefficient (Wildman–Crippen LogP) is 0.493. The standard InChI is InChI=1S/C19H28N4O3S/c1-14-5-2-3-6-15(14)20-19(26)21-17(24)13-22-8-10-23(11-9-22)18(25)16-7-4-12-27-16/h4,7,12,14-15H,2-3,5-6,8-11,13H2,1H3,(H2,20,21,24,26)/p+1/t14-,15+/m1/s1. The van der Waals surface area contributed by atoms with Crippen LogP contribution in [-0.2, 0) is 4.79 Å². The van der Waals surface area contributed by atoms with Crippen molar-refractivity contribution in [1.29, 1.82) is 0 Å². The molecular formula is C19H29N4O3S+. The fourth-order valence-corrected chi connectivity index (χ4v) is 4.58. The molecule has 3 rings (SSSR count). The Morgan fingerprint density at radius 2 is 1.96 bits per heavy atom. The lowest BCUT2D eigenvalue weighted by molar-refractivity contribution is -0.895. The smallest absolute Gasteiger partial charge is 0.321 e. The third kappa shape index (κ3) is 5.52. The molecule has 4 amide bonds. The maximum Gasteiger partial charge on any atom is 0.321 e. The maximum atomic E-state index is 12.3. The van der Waals surface area contributed by atoms with Gasteiger partial charge in [0.2, 0.25) is 0 Å². The molecule has 2 heterocycles. The number of urea groups is 1. The molecule has 2 atom stereocenters. The van der Waals surface area contributed by atoms with Crippen molar-refractivity contribution in [3.05, 3.63) is 22.4 Å². The molecule has 8 heteroatoms. The second-order valence-electron chi connectivity index (χ2n) is 7.59. The number of rotatable bonds is 4. The molecule has 0 unspecified atom stereocenters. The lowest BCUT2D eigenvalue weighted by atomic mass is 9.86. The minimum atomic E-state index is -0.385. The van der Waals surface area contributed by atoms with Crippen molar-refractivity contribution in [2.24, 2.45) is 5.92 Å². The van der Waals surface area contributed by atoms with Gasteiger partial charge in [0, 0.05) is 6.04 Å². The molecule has 2 aliphatic rings. The number of nitrogens with one attached hydrogen (secondary N) is 3. The van der Waals surface area contributed by atoms with Crippen LogP contribution in [0.2, 0.25) is 0 Å². The summed E-state index contributed by atoms with van der Waals surface area (Å²) in [6.07, 6.45) is 4.44. The van der Waals surface area contributed by atoms with E-state index >= 15 is 0 Å². The molecule has 0 aromatic carbocycles. The highest BCUT2D eigenvalue weighted by Crippen LogP contribution is 2.23. The summed E-state index contributed by atoms with van der Waals surface area (Å²) in [6.45, 7) is 5.09. The van der Waals surface area contributed by atoms with E-state index in [1.54, 1.807) is 0 Å². The monoisotopic (exact) mass is 393 g/mol. The van der Waals surface area contributed by atoms with Crippen LogP contribution < -0.4 is 15.5 Å². The van der Waals surface area contributed by atoms with Crippen LogP contribution >= 0.6 is 11.3 Å². The van der Waals surface area contributed by atoms with E-state index in [9.17, 15) is 14.4 Å². The van der Waals surface area contributed by atoms with Crippen molar-refractivity contribution in [2.45, 2.75) is 38.6 Å². The van der Waals surface area contributed by atoms with Gasteiger partial charge in [-0.15, -0.1) is 11.3 Å². The molecule has 27 heavy (non-hydrogen) atoms. The van der Waals surface area contributed by atoms with Crippen molar-refractivity contribution in [3.63, 3.8) is 0 Å². The molecule has 1 aromatic heterocycles. The Morgan fingerprint density at radius 1 is 1.22 bits per heavy atom. The Bertz CT molecular complexity index is 656. The molecular weight excluding hydrogens is 364 g/mol. The summed E-state index contributed by atoms with van der Waals surface area (Å²) < 4.78 is 0. The van der Waals surface area contributed by atoms with Gasteiger partial charge in [-0.2, -0.15) is 0 Å². The SMILES string of the molecule is C[C@@H]1CCCC[C@@H]1NC(=O)NC(=O)C[NH+]1CCN(C(=O)c2cccs2)CC1. The number of piperazine rings is 1.